The Morgan fingerprint density at radius 3 is 1.56 bits per heavy atom. The maximum absolute atomic E-state index is 12.2. The van der Waals surface area contributed by atoms with Gasteiger partial charge in [-0.2, -0.15) is 0 Å². The number of alkyl carbamates (subject to hydrolysis) is 2. The van der Waals surface area contributed by atoms with Gasteiger partial charge in [0.1, 0.15) is 31.4 Å². The second-order valence-corrected chi connectivity index (χ2v) is 11.6. The van der Waals surface area contributed by atoms with Crippen molar-refractivity contribution in [2.75, 3.05) is 0 Å². The molecule has 0 aliphatic carbocycles. The molecule has 2 aromatic rings. The van der Waals surface area contributed by atoms with Crippen molar-refractivity contribution in [2.24, 2.45) is 11.8 Å². The number of ether oxygens (including phenoxy) is 3. The van der Waals surface area contributed by atoms with Gasteiger partial charge in [-0.3, -0.25) is 9.59 Å². The summed E-state index contributed by atoms with van der Waals surface area (Å²) in [7, 11) is 0. The molecule has 4 N–H and O–H groups in total. The molecule has 11 nitrogen and oxygen atoms in total. The van der Waals surface area contributed by atoms with Crippen LogP contribution in [0.25, 0.3) is 0 Å². The van der Waals surface area contributed by atoms with E-state index >= 15 is 0 Å². The van der Waals surface area contributed by atoms with Crippen LogP contribution < -0.4 is 21.3 Å². The highest BCUT2D eigenvalue weighted by Crippen LogP contribution is 2.18. The average molecular weight is 625 g/mol. The predicted molar refractivity (Wildman–Crippen MR) is 171 cm³/mol. The van der Waals surface area contributed by atoms with Gasteiger partial charge in [-0.15, -0.1) is 0 Å². The lowest BCUT2D eigenvalue weighted by Crippen LogP contribution is -2.48. The van der Waals surface area contributed by atoms with Crippen LogP contribution in [0, 0.1) is 11.8 Å². The zero-order chi connectivity index (χ0) is 33.2. The lowest BCUT2D eigenvalue weighted by Gasteiger charge is -2.19. The molecule has 4 amide bonds. The molecule has 0 radical (unpaired) electrons. The summed E-state index contributed by atoms with van der Waals surface area (Å²) in [5.74, 6) is 0.0432. The standard InChI is InChI=1S/C17H24N2O4.C17H24N2O3/c1-11(2)9-14(15(20)19-16-12(3)23-16)18-17(21)22-10-13-7-5-4-6-8-13;1-4-10-18-16(20)15(11-13(2)3)19-17(21)22-12-14-8-6-5-7-9-14/h4-8,11-12,14,16H,9-10H2,1-3H3,(H,18,21)(H,19,20);4-10,13,15H,11-12H2,1-3H3,(H,18,20)(H,19,21)/t12?,14-,16?;15-/m00/s1. The molecule has 0 saturated carbocycles. The summed E-state index contributed by atoms with van der Waals surface area (Å²) in [6.07, 6.45) is 2.94. The smallest absolute Gasteiger partial charge is 0.408 e. The second kappa shape index (κ2) is 19.8. The van der Waals surface area contributed by atoms with E-state index in [4.69, 9.17) is 14.2 Å². The first-order chi connectivity index (χ1) is 21.5. The summed E-state index contributed by atoms with van der Waals surface area (Å²) in [6, 6.07) is 17.6. The van der Waals surface area contributed by atoms with Crippen LogP contribution in [0.3, 0.4) is 0 Å². The minimum absolute atomic E-state index is 0.0312. The van der Waals surface area contributed by atoms with Gasteiger partial charge < -0.3 is 35.5 Å². The van der Waals surface area contributed by atoms with E-state index in [1.807, 2.05) is 95.3 Å². The molecule has 1 aliphatic heterocycles. The quantitative estimate of drug-likeness (QED) is 0.212. The molecular weight excluding hydrogens is 576 g/mol. The van der Waals surface area contributed by atoms with E-state index in [1.54, 1.807) is 19.2 Å². The third kappa shape index (κ3) is 15.8. The van der Waals surface area contributed by atoms with Gasteiger partial charge in [0, 0.05) is 0 Å². The van der Waals surface area contributed by atoms with Crippen LogP contribution in [0.1, 0.15) is 65.5 Å². The van der Waals surface area contributed by atoms with Crippen LogP contribution in [0.4, 0.5) is 9.59 Å². The fourth-order valence-corrected chi connectivity index (χ4v) is 4.06. The molecule has 3 rings (SSSR count). The summed E-state index contributed by atoms with van der Waals surface area (Å²) < 4.78 is 15.5. The molecule has 1 aliphatic rings. The normalized spacial score (nSPS) is 16.5. The third-order valence-electron chi connectivity index (χ3n) is 6.44. The number of hydrogen-bond acceptors (Lipinski definition) is 7. The average Bonchev–Trinajstić information content (AvgIpc) is 3.71. The minimum atomic E-state index is -0.630. The van der Waals surface area contributed by atoms with Gasteiger partial charge in [-0.25, -0.2) is 9.59 Å². The Kier molecular flexibility index (Phi) is 16.2. The van der Waals surface area contributed by atoms with E-state index in [1.165, 1.54) is 0 Å². The SMILES string of the molecule is CC(C)C[C@H](NC(=O)OCc1ccccc1)C(=O)NC1OC1C.CC=CNC(=O)[C@H](CC(C)C)NC(=O)OCc1ccccc1. The van der Waals surface area contributed by atoms with Crippen molar-refractivity contribution in [3.63, 3.8) is 0 Å². The second-order valence-electron chi connectivity index (χ2n) is 11.6. The van der Waals surface area contributed by atoms with E-state index in [-0.39, 0.29) is 49.2 Å². The Labute approximate surface area is 266 Å². The Bertz CT molecular complexity index is 1220. The van der Waals surface area contributed by atoms with Gasteiger partial charge in [0.2, 0.25) is 11.8 Å². The van der Waals surface area contributed by atoms with Crippen molar-refractivity contribution < 1.29 is 33.4 Å². The highest BCUT2D eigenvalue weighted by Gasteiger charge is 2.37. The van der Waals surface area contributed by atoms with Gasteiger partial charge in [0.25, 0.3) is 0 Å². The fraction of sp³-hybridized carbons (Fsp3) is 0.471. The first kappa shape index (κ1) is 36.8. The summed E-state index contributed by atoms with van der Waals surface area (Å²) in [5.41, 5.74) is 1.80. The number of hydrogen-bond donors (Lipinski definition) is 4. The number of allylic oxidation sites excluding steroid dienone is 1. The first-order valence-corrected chi connectivity index (χ1v) is 15.3. The van der Waals surface area contributed by atoms with Crippen LogP contribution in [0.15, 0.2) is 72.9 Å². The molecule has 1 heterocycles. The molecule has 2 unspecified atom stereocenters. The monoisotopic (exact) mass is 624 g/mol. The van der Waals surface area contributed by atoms with Crippen molar-refractivity contribution in [2.45, 2.75) is 92.0 Å². The number of epoxide rings is 1. The number of amides is 4. The molecule has 45 heavy (non-hydrogen) atoms. The molecule has 2 aromatic carbocycles. The predicted octanol–water partition coefficient (Wildman–Crippen LogP) is 5.17. The van der Waals surface area contributed by atoms with Crippen LogP contribution in [-0.4, -0.2) is 48.4 Å². The van der Waals surface area contributed by atoms with Crippen molar-refractivity contribution in [1.82, 2.24) is 21.3 Å². The largest absolute Gasteiger partial charge is 0.445 e. The third-order valence-corrected chi connectivity index (χ3v) is 6.44. The van der Waals surface area contributed by atoms with Crippen LogP contribution in [-0.2, 0) is 37.0 Å². The highest BCUT2D eigenvalue weighted by atomic mass is 16.6. The van der Waals surface area contributed by atoms with Crippen molar-refractivity contribution in [3.05, 3.63) is 84.1 Å². The van der Waals surface area contributed by atoms with Gasteiger partial charge >= 0.3 is 12.2 Å². The summed E-state index contributed by atoms with van der Waals surface area (Å²) in [5, 5.41) is 10.6. The zero-order valence-corrected chi connectivity index (χ0v) is 27.1. The molecule has 1 fully saturated rings. The Morgan fingerprint density at radius 2 is 1.18 bits per heavy atom. The van der Waals surface area contributed by atoms with Crippen molar-refractivity contribution in [3.8, 4) is 0 Å². The lowest BCUT2D eigenvalue weighted by molar-refractivity contribution is -0.124. The molecule has 0 bridgehead atoms. The van der Waals surface area contributed by atoms with Crippen molar-refractivity contribution >= 4 is 24.0 Å². The molecule has 0 spiro atoms. The van der Waals surface area contributed by atoms with Crippen molar-refractivity contribution in [1.29, 1.82) is 0 Å². The van der Waals surface area contributed by atoms with E-state index < -0.39 is 24.3 Å². The van der Waals surface area contributed by atoms with Gasteiger partial charge in [-0.05, 0) is 55.9 Å². The summed E-state index contributed by atoms with van der Waals surface area (Å²) >= 11 is 0. The molecule has 246 valence electrons. The van der Waals surface area contributed by atoms with E-state index in [0.717, 1.165) is 11.1 Å². The minimum Gasteiger partial charge on any atom is -0.445 e. The van der Waals surface area contributed by atoms with Gasteiger partial charge in [0.15, 0.2) is 6.23 Å². The number of nitrogens with one attached hydrogen (secondary N) is 4. The number of benzene rings is 2. The molecule has 1 saturated heterocycles. The molecular formula is C34H48N4O7. The topological polar surface area (TPSA) is 147 Å². The molecule has 4 atom stereocenters. The van der Waals surface area contributed by atoms with Gasteiger partial charge in [-0.1, -0.05) is 94.4 Å². The Balaban J connectivity index is 0.000000314. The maximum Gasteiger partial charge on any atom is 0.408 e. The number of carbonyl (C=O) groups excluding carboxylic acids is 4. The summed E-state index contributed by atoms with van der Waals surface area (Å²) in [4.78, 5) is 48.0. The molecule has 0 aromatic heterocycles. The van der Waals surface area contributed by atoms with Crippen LogP contribution >= 0.6 is 0 Å². The number of rotatable bonds is 14. The zero-order valence-electron chi connectivity index (χ0n) is 27.1. The highest BCUT2D eigenvalue weighted by molar-refractivity contribution is 5.86. The van der Waals surface area contributed by atoms with E-state index in [0.29, 0.717) is 12.8 Å². The maximum atomic E-state index is 12.2. The summed E-state index contributed by atoms with van der Waals surface area (Å²) in [6.45, 7) is 12.0. The Hall–Kier alpha value is -4.38. The molecule has 11 heteroatoms. The Morgan fingerprint density at radius 1 is 0.756 bits per heavy atom. The van der Waals surface area contributed by atoms with E-state index in [2.05, 4.69) is 21.3 Å². The first-order valence-electron chi connectivity index (χ1n) is 15.3. The fourth-order valence-electron chi connectivity index (χ4n) is 4.06. The van der Waals surface area contributed by atoms with E-state index in [9.17, 15) is 19.2 Å². The lowest BCUT2D eigenvalue weighted by atomic mass is 10.0. The van der Waals surface area contributed by atoms with Gasteiger partial charge in [0.05, 0.1) is 0 Å². The van der Waals surface area contributed by atoms with Crippen LogP contribution in [0.2, 0.25) is 0 Å². The number of carbonyl (C=O) groups is 4. The van der Waals surface area contributed by atoms with Crippen LogP contribution in [0.5, 0.6) is 0 Å².